The lowest BCUT2D eigenvalue weighted by atomic mass is 10.1. The van der Waals surface area contributed by atoms with Gasteiger partial charge in [0, 0.05) is 0 Å². The predicted octanol–water partition coefficient (Wildman–Crippen LogP) is 4.05. The highest BCUT2D eigenvalue weighted by atomic mass is 19.1. The van der Waals surface area contributed by atoms with Crippen LogP contribution in [-0.2, 0) is 0 Å². The molecule has 0 aliphatic carbocycles. The van der Waals surface area contributed by atoms with E-state index in [1.807, 2.05) is 13.0 Å². The molecule has 0 bridgehead atoms. The van der Waals surface area contributed by atoms with Gasteiger partial charge in [-0.25, -0.2) is 4.39 Å². The Morgan fingerprint density at radius 1 is 1.11 bits per heavy atom. The maximum atomic E-state index is 13.1. The fourth-order valence-corrected chi connectivity index (χ4v) is 1.66. The highest BCUT2D eigenvalue weighted by Crippen LogP contribution is 2.26. The van der Waals surface area contributed by atoms with E-state index in [0.29, 0.717) is 22.6 Å². The molecule has 0 heterocycles. The zero-order valence-electron chi connectivity index (χ0n) is 10.2. The Morgan fingerprint density at radius 2 is 1.89 bits per heavy atom. The average molecular weight is 244 g/mol. The van der Waals surface area contributed by atoms with E-state index in [4.69, 9.17) is 4.74 Å². The number of carbonyl (C=O) groups is 1. The summed E-state index contributed by atoms with van der Waals surface area (Å²) < 4.78 is 18.7. The quantitative estimate of drug-likeness (QED) is 0.761. The van der Waals surface area contributed by atoms with Crippen molar-refractivity contribution >= 4 is 6.29 Å². The average Bonchev–Trinajstić information content (AvgIpc) is 2.36. The summed E-state index contributed by atoms with van der Waals surface area (Å²) in [6.45, 7) is 3.57. The number of aryl methyl sites for hydroxylation is 2. The summed E-state index contributed by atoms with van der Waals surface area (Å²) >= 11 is 0. The summed E-state index contributed by atoms with van der Waals surface area (Å²) in [5, 5.41) is 0. The van der Waals surface area contributed by atoms with Crippen molar-refractivity contribution < 1.29 is 13.9 Å². The van der Waals surface area contributed by atoms with Crippen molar-refractivity contribution in [2.45, 2.75) is 13.8 Å². The van der Waals surface area contributed by atoms with Gasteiger partial charge in [-0.3, -0.25) is 4.79 Å². The molecule has 2 rings (SSSR count). The molecule has 0 aromatic heterocycles. The van der Waals surface area contributed by atoms with Crippen LogP contribution in [0.4, 0.5) is 4.39 Å². The summed E-state index contributed by atoms with van der Waals surface area (Å²) in [5.41, 5.74) is 1.98. The zero-order valence-corrected chi connectivity index (χ0v) is 10.2. The Balaban J connectivity index is 2.33. The largest absolute Gasteiger partial charge is 0.457 e. The van der Waals surface area contributed by atoms with Crippen LogP contribution >= 0.6 is 0 Å². The molecule has 2 nitrogen and oxygen atoms in total. The number of hydrogen-bond acceptors (Lipinski definition) is 2. The number of carbonyl (C=O) groups excluding carboxylic acids is 1. The maximum absolute atomic E-state index is 13.1. The van der Waals surface area contributed by atoms with Gasteiger partial charge in [0.1, 0.15) is 17.3 Å². The predicted molar refractivity (Wildman–Crippen MR) is 67.8 cm³/mol. The molecule has 0 spiro atoms. The summed E-state index contributed by atoms with van der Waals surface area (Å²) in [7, 11) is 0. The minimum Gasteiger partial charge on any atom is -0.457 e. The molecule has 0 aliphatic heterocycles. The number of aldehydes is 1. The van der Waals surface area contributed by atoms with E-state index in [1.165, 1.54) is 12.1 Å². The highest BCUT2D eigenvalue weighted by molar-refractivity contribution is 5.79. The van der Waals surface area contributed by atoms with Gasteiger partial charge in [0.25, 0.3) is 0 Å². The molecule has 2 aromatic rings. The van der Waals surface area contributed by atoms with Crippen LogP contribution in [0.1, 0.15) is 21.5 Å². The van der Waals surface area contributed by atoms with Crippen molar-refractivity contribution in [1.82, 2.24) is 0 Å². The topological polar surface area (TPSA) is 26.3 Å². The van der Waals surface area contributed by atoms with Crippen LogP contribution < -0.4 is 4.74 Å². The van der Waals surface area contributed by atoms with Crippen molar-refractivity contribution in [3.8, 4) is 11.5 Å². The second kappa shape index (κ2) is 5.00. The van der Waals surface area contributed by atoms with E-state index in [2.05, 4.69) is 0 Å². The van der Waals surface area contributed by atoms with Gasteiger partial charge in [0.15, 0.2) is 6.29 Å². The second-order valence-corrected chi connectivity index (χ2v) is 4.17. The van der Waals surface area contributed by atoms with Crippen molar-refractivity contribution in [2.75, 3.05) is 0 Å². The molecule has 0 unspecified atom stereocenters. The van der Waals surface area contributed by atoms with Gasteiger partial charge in [-0.05, 0) is 49.7 Å². The summed E-state index contributed by atoms with van der Waals surface area (Å²) in [4.78, 5) is 11.0. The number of benzene rings is 2. The summed E-state index contributed by atoms with van der Waals surface area (Å²) in [6.07, 6.45) is 0.749. The summed E-state index contributed by atoms with van der Waals surface area (Å²) in [6, 6.07) is 9.83. The monoisotopic (exact) mass is 244 g/mol. The number of halogens is 1. The molecule has 3 heteroatoms. The highest BCUT2D eigenvalue weighted by Gasteiger charge is 2.06. The fourth-order valence-electron chi connectivity index (χ4n) is 1.66. The normalized spacial score (nSPS) is 10.2. The third-order valence-electron chi connectivity index (χ3n) is 2.65. The summed E-state index contributed by atoms with van der Waals surface area (Å²) in [5.74, 6) is 0.712. The van der Waals surface area contributed by atoms with Gasteiger partial charge in [-0.1, -0.05) is 11.6 Å². The number of hydrogen-bond donors (Lipinski definition) is 0. The molecule has 0 N–H and O–H groups in total. The first-order valence-corrected chi connectivity index (χ1v) is 5.60. The van der Waals surface area contributed by atoms with E-state index >= 15 is 0 Å². The third-order valence-corrected chi connectivity index (χ3v) is 2.65. The van der Waals surface area contributed by atoms with Crippen LogP contribution in [0.25, 0.3) is 0 Å². The van der Waals surface area contributed by atoms with E-state index in [0.717, 1.165) is 11.8 Å². The van der Waals surface area contributed by atoms with Crippen LogP contribution in [0.2, 0.25) is 0 Å². The van der Waals surface area contributed by atoms with Crippen LogP contribution in [-0.4, -0.2) is 6.29 Å². The SMILES string of the molecule is Cc1ccc(Oc2ccc(F)c(C)c2)c(C=O)c1. The molecule has 0 radical (unpaired) electrons. The minimum atomic E-state index is -0.276. The van der Waals surface area contributed by atoms with Crippen molar-refractivity contribution in [3.05, 3.63) is 58.9 Å². The Labute approximate surface area is 105 Å². The van der Waals surface area contributed by atoms with E-state index in [-0.39, 0.29) is 5.82 Å². The van der Waals surface area contributed by atoms with Crippen LogP contribution in [0.15, 0.2) is 36.4 Å². The third kappa shape index (κ3) is 2.56. The van der Waals surface area contributed by atoms with E-state index in [1.54, 1.807) is 25.1 Å². The molecular weight excluding hydrogens is 231 g/mol. The molecule has 0 atom stereocenters. The molecule has 92 valence electrons. The first-order chi connectivity index (χ1) is 8.60. The van der Waals surface area contributed by atoms with Gasteiger partial charge in [0.2, 0.25) is 0 Å². The Bertz CT molecular complexity index is 591. The first kappa shape index (κ1) is 12.3. The molecule has 0 amide bonds. The van der Waals surface area contributed by atoms with Gasteiger partial charge in [0.05, 0.1) is 5.56 Å². The molecule has 0 aliphatic rings. The molecular formula is C15H13FO2. The second-order valence-electron chi connectivity index (χ2n) is 4.17. The van der Waals surface area contributed by atoms with Gasteiger partial charge < -0.3 is 4.74 Å². The molecule has 2 aromatic carbocycles. The van der Waals surface area contributed by atoms with Gasteiger partial charge in [-0.2, -0.15) is 0 Å². The molecule has 0 fully saturated rings. The zero-order chi connectivity index (χ0) is 13.1. The Kier molecular flexibility index (Phi) is 3.42. The smallest absolute Gasteiger partial charge is 0.153 e. The van der Waals surface area contributed by atoms with Crippen LogP contribution in [0, 0.1) is 19.7 Å². The Morgan fingerprint density at radius 3 is 2.56 bits per heavy atom. The lowest BCUT2D eigenvalue weighted by molar-refractivity contribution is 0.112. The molecule has 0 saturated heterocycles. The van der Waals surface area contributed by atoms with E-state index in [9.17, 15) is 9.18 Å². The van der Waals surface area contributed by atoms with Gasteiger partial charge in [-0.15, -0.1) is 0 Å². The van der Waals surface area contributed by atoms with Crippen molar-refractivity contribution in [3.63, 3.8) is 0 Å². The maximum Gasteiger partial charge on any atom is 0.153 e. The fraction of sp³-hybridized carbons (Fsp3) is 0.133. The molecule has 0 saturated carbocycles. The van der Waals surface area contributed by atoms with Crippen LogP contribution in [0.3, 0.4) is 0 Å². The number of rotatable bonds is 3. The Hall–Kier alpha value is -2.16. The molecule has 18 heavy (non-hydrogen) atoms. The van der Waals surface area contributed by atoms with Gasteiger partial charge >= 0.3 is 0 Å². The van der Waals surface area contributed by atoms with Crippen LogP contribution in [0.5, 0.6) is 11.5 Å². The van der Waals surface area contributed by atoms with Crippen molar-refractivity contribution in [2.24, 2.45) is 0 Å². The minimum absolute atomic E-state index is 0.276. The van der Waals surface area contributed by atoms with Crippen molar-refractivity contribution in [1.29, 1.82) is 0 Å². The first-order valence-electron chi connectivity index (χ1n) is 5.60. The lowest BCUT2D eigenvalue weighted by Gasteiger charge is -2.09. The number of ether oxygens (including phenoxy) is 1. The standard InChI is InChI=1S/C15H13FO2/c1-10-3-6-15(12(7-10)9-17)18-13-4-5-14(16)11(2)8-13/h3-9H,1-2H3. The lowest BCUT2D eigenvalue weighted by Crippen LogP contribution is -1.92. The van der Waals surface area contributed by atoms with E-state index < -0.39 is 0 Å².